The second kappa shape index (κ2) is 5.33. The molecule has 112 valence electrons. The van der Waals surface area contributed by atoms with Crippen LogP contribution in [0.3, 0.4) is 0 Å². The van der Waals surface area contributed by atoms with Gasteiger partial charge in [0.15, 0.2) is 0 Å². The van der Waals surface area contributed by atoms with Crippen LogP contribution >= 0.6 is 0 Å². The van der Waals surface area contributed by atoms with Crippen molar-refractivity contribution in [3.63, 3.8) is 0 Å². The molecule has 0 spiro atoms. The first-order chi connectivity index (χ1) is 10.5. The van der Waals surface area contributed by atoms with Gasteiger partial charge in [0.1, 0.15) is 5.82 Å². The largest absolute Gasteiger partial charge is 0.416 e. The lowest BCUT2D eigenvalue weighted by atomic mass is 10.1. The van der Waals surface area contributed by atoms with Crippen LogP contribution in [0.2, 0.25) is 0 Å². The van der Waals surface area contributed by atoms with Gasteiger partial charge in [-0.15, -0.1) is 0 Å². The highest BCUT2D eigenvalue weighted by molar-refractivity contribution is 5.65. The molecule has 2 nitrogen and oxygen atoms in total. The Balaban J connectivity index is 1.98. The van der Waals surface area contributed by atoms with E-state index < -0.39 is 11.7 Å². The van der Waals surface area contributed by atoms with E-state index in [9.17, 15) is 13.2 Å². The van der Waals surface area contributed by atoms with Gasteiger partial charge in [-0.1, -0.05) is 42.5 Å². The van der Waals surface area contributed by atoms with E-state index in [2.05, 4.69) is 4.98 Å². The summed E-state index contributed by atoms with van der Waals surface area (Å²) < 4.78 is 39.7. The maximum absolute atomic E-state index is 12.6. The van der Waals surface area contributed by atoms with Crippen molar-refractivity contribution in [2.24, 2.45) is 7.05 Å². The molecule has 0 saturated heterocycles. The summed E-state index contributed by atoms with van der Waals surface area (Å²) in [6, 6.07) is 14.8. The minimum Gasteiger partial charge on any atom is -0.327 e. The van der Waals surface area contributed by atoms with Crippen LogP contribution in [0.15, 0.2) is 60.8 Å². The molecule has 0 saturated carbocycles. The lowest BCUT2D eigenvalue weighted by Gasteiger charge is -2.09. The molecule has 5 heteroatoms. The van der Waals surface area contributed by atoms with E-state index in [-0.39, 0.29) is 0 Å². The van der Waals surface area contributed by atoms with Crippen molar-refractivity contribution in [1.29, 1.82) is 0 Å². The number of aromatic nitrogens is 2. The molecule has 1 aromatic heterocycles. The Morgan fingerprint density at radius 2 is 1.50 bits per heavy atom. The van der Waals surface area contributed by atoms with Gasteiger partial charge in [0.2, 0.25) is 0 Å². The molecule has 22 heavy (non-hydrogen) atoms. The van der Waals surface area contributed by atoms with Gasteiger partial charge >= 0.3 is 6.18 Å². The topological polar surface area (TPSA) is 17.8 Å². The molecular formula is C17H13F3N2. The third-order valence-corrected chi connectivity index (χ3v) is 3.53. The second-order valence-corrected chi connectivity index (χ2v) is 4.97. The van der Waals surface area contributed by atoms with Crippen LogP contribution in [0.25, 0.3) is 22.6 Å². The maximum atomic E-state index is 12.6. The Labute approximate surface area is 125 Å². The number of benzene rings is 2. The summed E-state index contributed by atoms with van der Waals surface area (Å²) >= 11 is 0. The third kappa shape index (κ3) is 2.62. The average Bonchev–Trinajstić information content (AvgIpc) is 2.89. The van der Waals surface area contributed by atoms with E-state index in [0.29, 0.717) is 11.4 Å². The van der Waals surface area contributed by atoms with Gasteiger partial charge in [0, 0.05) is 12.6 Å². The highest BCUT2D eigenvalue weighted by Gasteiger charge is 2.30. The predicted octanol–water partition coefficient (Wildman–Crippen LogP) is 4.77. The normalized spacial score (nSPS) is 11.6. The SMILES string of the molecule is Cn1c(-c2ccccc2)cnc1-c1ccc(C(F)(F)F)cc1. The summed E-state index contributed by atoms with van der Waals surface area (Å²) in [6.45, 7) is 0. The van der Waals surface area contributed by atoms with Crippen LogP contribution in [-0.4, -0.2) is 9.55 Å². The van der Waals surface area contributed by atoms with Crippen LogP contribution in [-0.2, 0) is 13.2 Å². The van der Waals surface area contributed by atoms with Gasteiger partial charge in [-0.3, -0.25) is 0 Å². The van der Waals surface area contributed by atoms with E-state index in [1.54, 1.807) is 6.20 Å². The molecule has 0 radical (unpaired) electrons. The molecule has 0 aliphatic rings. The maximum Gasteiger partial charge on any atom is 0.416 e. The molecule has 0 atom stereocenters. The first kappa shape index (κ1) is 14.4. The molecule has 0 aliphatic carbocycles. The van der Waals surface area contributed by atoms with Crippen molar-refractivity contribution in [3.8, 4) is 22.6 Å². The van der Waals surface area contributed by atoms with E-state index in [1.807, 2.05) is 41.9 Å². The number of hydrogen-bond acceptors (Lipinski definition) is 1. The summed E-state index contributed by atoms with van der Waals surface area (Å²) in [4.78, 5) is 4.34. The Kier molecular flexibility index (Phi) is 3.48. The van der Waals surface area contributed by atoms with Gasteiger partial charge in [-0.05, 0) is 17.7 Å². The fourth-order valence-electron chi connectivity index (χ4n) is 2.36. The Morgan fingerprint density at radius 3 is 2.09 bits per heavy atom. The van der Waals surface area contributed by atoms with Gasteiger partial charge in [0.25, 0.3) is 0 Å². The number of imidazole rings is 1. The Bertz CT molecular complexity index is 772. The molecule has 0 fully saturated rings. The number of alkyl halides is 3. The molecule has 3 aromatic rings. The van der Waals surface area contributed by atoms with Gasteiger partial charge in [-0.2, -0.15) is 13.2 Å². The molecule has 0 unspecified atom stereocenters. The average molecular weight is 302 g/mol. The zero-order valence-electron chi connectivity index (χ0n) is 11.8. The number of halogens is 3. The standard InChI is InChI=1S/C17H13F3N2/c1-22-15(12-5-3-2-4-6-12)11-21-16(22)13-7-9-14(10-8-13)17(18,19)20/h2-11H,1H3. The summed E-state index contributed by atoms with van der Waals surface area (Å²) in [5, 5.41) is 0. The van der Waals surface area contributed by atoms with Crippen LogP contribution < -0.4 is 0 Å². The first-order valence-corrected chi connectivity index (χ1v) is 6.71. The Morgan fingerprint density at radius 1 is 0.864 bits per heavy atom. The summed E-state index contributed by atoms with van der Waals surface area (Å²) in [5.41, 5.74) is 1.91. The van der Waals surface area contributed by atoms with Crippen molar-refractivity contribution < 1.29 is 13.2 Å². The Hall–Kier alpha value is -2.56. The van der Waals surface area contributed by atoms with Crippen molar-refractivity contribution in [1.82, 2.24) is 9.55 Å². The first-order valence-electron chi connectivity index (χ1n) is 6.71. The molecule has 0 aliphatic heterocycles. The fraction of sp³-hybridized carbons (Fsp3) is 0.118. The number of rotatable bonds is 2. The predicted molar refractivity (Wildman–Crippen MR) is 79.1 cm³/mol. The smallest absolute Gasteiger partial charge is 0.327 e. The zero-order valence-corrected chi connectivity index (χ0v) is 11.8. The van der Waals surface area contributed by atoms with E-state index in [4.69, 9.17) is 0 Å². The zero-order chi connectivity index (χ0) is 15.7. The van der Waals surface area contributed by atoms with Gasteiger partial charge in [0.05, 0.1) is 17.5 Å². The van der Waals surface area contributed by atoms with Crippen molar-refractivity contribution in [2.75, 3.05) is 0 Å². The van der Waals surface area contributed by atoms with Gasteiger partial charge in [-0.25, -0.2) is 4.98 Å². The molecule has 0 bridgehead atoms. The summed E-state index contributed by atoms with van der Waals surface area (Å²) in [6.07, 6.45) is -2.60. The highest BCUT2D eigenvalue weighted by Crippen LogP contribution is 2.31. The highest BCUT2D eigenvalue weighted by atomic mass is 19.4. The lowest BCUT2D eigenvalue weighted by molar-refractivity contribution is -0.137. The van der Waals surface area contributed by atoms with E-state index in [0.717, 1.165) is 23.4 Å². The van der Waals surface area contributed by atoms with Crippen LogP contribution in [0, 0.1) is 0 Å². The monoisotopic (exact) mass is 302 g/mol. The lowest BCUT2D eigenvalue weighted by Crippen LogP contribution is -2.04. The third-order valence-electron chi connectivity index (χ3n) is 3.53. The molecule has 0 N–H and O–H groups in total. The van der Waals surface area contributed by atoms with Crippen molar-refractivity contribution >= 4 is 0 Å². The van der Waals surface area contributed by atoms with E-state index in [1.165, 1.54) is 12.1 Å². The molecule has 3 rings (SSSR count). The minimum atomic E-state index is -4.32. The van der Waals surface area contributed by atoms with Crippen molar-refractivity contribution in [2.45, 2.75) is 6.18 Å². The summed E-state index contributed by atoms with van der Waals surface area (Å²) in [5.74, 6) is 0.632. The van der Waals surface area contributed by atoms with Crippen molar-refractivity contribution in [3.05, 3.63) is 66.4 Å². The number of hydrogen-bond donors (Lipinski definition) is 0. The molecular weight excluding hydrogens is 289 g/mol. The quantitative estimate of drug-likeness (QED) is 0.666. The molecule has 1 heterocycles. The summed E-state index contributed by atoms with van der Waals surface area (Å²) in [7, 11) is 1.85. The van der Waals surface area contributed by atoms with Crippen LogP contribution in [0.1, 0.15) is 5.56 Å². The van der Waals surface area contributed by atoms with Crippen LogP contribution in [0.4, 0.5) is 13.2 Å². The number of nitrogens with zero attached hydrogens (tertiary/aromatic N) is 2. The van der Waals surface area contributed by atoms with Crippen LogP contribution in [0.5, 0.6) is 0 Å². The molecule has 2 aromatic carbocycles. The van der Waals surface area contributed by atoms with Gasteiger partial charge < -0.3 is 4.57 Å². The minimum absolute atomic E-state index is 0.632. The second-order valence-electron chi connectivity index (χ2n) is 4.97. The fourth-order valence-corrected chi connectivity index (χ4v) is 2.36. The molecule has 0 amide bonds. The van der Waals surface area contributed by atoms with E-state index >= 15 is 0 Å².